The van der Waals surface area contributed by atoms with Gasteiger partial charge in [0, 0.05) is 19.2 Å². The van der Waals surface area contributed by atoms with Gasteiger partial charge in [-0.3, -0.25) is 4.79 Å². The zero-order valence-electron chi connectivity index (χ0n) is 17.1. The molecule has 2 fully saturated rings. The standard InChI is InChI=1S/C23H26FNO5/c1-28-18-7-8-19(21(11-18)29-2)23(27)25-12-14-9-20(26)22(10-15(14)13-25)30-17-5-3-16(24)4-6-17/h3-8,11,14-15,20,22,26H,9-10,12-13H2,1-2H3/t14-,15+,20+,22+/m0/s1. The lowest BCUT2D eigenvalue weighted by molar-refractivity contribution is -0.0231. The van der Waals surface area contributed by atoms with E-state index in [1.807, 2.05) is 4.90 Å². The van der Waals surface area contributed by atoms with E-state index in [-0.39, 0.29) is 29.7 Å². The highest BCUT2D eigenvalue weighted by atomic mass is 19.1. The van der Waals surface area contributed by atoms with Gasteiger partial charge in [0.2, 0.25) is 0 Å². The second-order valence-electron chi connectivity index (χ2n) is 7.95. The van der Waals surface area contributed by atoms with Gasteiger partial charge in [-0.25, -0.2) is 4.39 Å². The van der Waals surface area contributed by atoms with Gasteiger partial charge in [0.25, 0.3) is 5.91 Å². The summed E-state index contributed by atoms with van der Waals surface area (Å²) in [5.41, 5.74) is 0.497. The van der Waals surface area contributed by atoms with Gasteiger partial charge in [0.1, 0.15) is 29.2 Å². The van der Waals surface area contributed by atoms with E-state index in [4.69, 9.17) is 14.2 Å². The van der Waals surface area contributed by atoms with Crippen molar-refractivity contribution in [3.05, 3.63) is 53.8 Å². The first kappa shape index (κ1) is 20.5. The summed E-state index contributed by atoms with van der Waals surface area (Å²) in [6.07, 6.45) is 0.219. The Morgan fingerprint density at radius 1 is 1.00 bits per heavy atom. The third kappa shape index (κ3) is 4.07. The van der Waals surface area contributed by atoms with Crippen LogP contribution in [0.5, 0.6) is 17.2 Å². The number of aliphatic hydroxyl groups is 1. The fourth-order valence-corrected chi connectivity index (χ4v) is 4.52. The number of aliphatic hydroxyl groups excluding tert-OH is 1. The van der Waals surface area contributed by atoms with Crippen molar-refractivity contribution in [2.75, 3.05) is 27.3 Å². The lowest BCUT2D eigenvalue weighted by Gasteiger charge is -2.35. The van der Waals surface area contributed by atoms with Gasteiger partial charge in [-0.1, -0.05) is 0 Å². The molecule has 1 saturated heterocycles. The number of rotatable bonds is 5. The third-order valence-electron chi connectivity index (χ3n) is 6.11. The smallest absolute Gasteiger partial charge is 0.257 e. The summed E-state index contributed by atoms with van der Waals surface area (Å²) in [5, 5.41) is 10.6. The summed E-state index contributed by atoms with van der Waals surface area (Å²) in [6.45, 7) is 1.20. The van der Waals surface area contributed by atoms with Crippen molar-refractivity contribution in [3.8, 4) is 17.2 Å². The first-order valence-electron chi connectivity index (χ1n) is 10.1. The van der Waals surface area contributed by atoms with Crippen molar-refractivity contribution >= 4 is 5.91 Å². The van der Waals surface area contributed by atoms with Crippen LogP contribution in [-0.2, 0) is 0 Å². The van der Waals surface area contributed by atoms with Crippen molar-refractivity contribution in [1.82, 2.24) is 4.90 Å². The number of halogens is 1. The molecule has 2 aromatic rings. The SMILES string of the molecule is COc1ccc(C(=O)N2C[C@H]3C[C@@H](Oc4ccc(F)cc4)[C@H](O)C[C@H]3C2)c(OC)c1. The van der Waals surface area contributed by atoms with Crippen LogP contribution < -0.4 is 14.2 Å². The molecule has 0 unspecified atom stereocenters. The van der Waals surface area contributed by atoms with Crippen LogP contribution in [-0.4, -0.2) is 55.4 Å². The molecule has 0 spiro atoms. The number of fused-ring (bicyclic) bond motifs is 1. The number of likely N-dealkylation sites (tertiary alicyclic amines) is 1. The minimum Gasteiger partial charge on any atom is -0.497 e. The summed E-state index contributed by atoms with van der Waals surface area (Å²) >= 11 is 0. The minimum absolute atomic E-state index is 0.0885. The van der Waals surface area contributed by atoms with Crippen molar-refractivity contribution in [3.63, 3.8) is 0 Å². The molecule has 6 nitrogen and oxygen atoms in total. The van der Waals surface area contributed by atoms with E-state index in [1.54, 1.807) is 37.4 Å². The quantitative estimate of drug-likeness (QED) is 0.813. The zero-order valence-corrected chi connectivity index (χ0v) is 17.1. The molecule has 160 valence electrons. The van der Waals surface area contributed by atoms with E-state index >= 15 is 0 Å². The Morgan fingerprint density at radius 3 is 2.33 bits per heavy atom. The highest BCUT2D eigenvalue weighted by Crippen LogP contribution is 2.39. The predicted molar refractivity (Wildman–Crippen MR) is 108 cm³/mol. The highest BCUT2D eigenvalue weighted by Gasteiger charge is 2.44. The molecule has 1 amide bonds. The number of hydrogen-bond acceptors (Lipinski definition) is 5. The maximum Gasteiger partial charge on any atom is 0.257 e. The molecule has 2 aromatic carbocycles. The minimum atomic E-state index is -0.623. The molecule has 1 N–H and O–H groups in total. The molecule has 4 rings (SSSR count). The van der Waals surface area contributed by atoms with Crippen LogP contribution in [0.1, 0.15) is 23.2 Å². The molecule has 0 aromatic heterocycles. The number of carbonyl (C=O) groups is 1. The summed E-state index contributed by atoms with van der Waals surface area (Å²) in [6, 6.07) is 11.0. The van der Waals surface area contributed by atoms with E-state index in [2.05, 4.69) is 0 Å². The van der Waals surface area contributed by atoms with Gasteiger partial charge in [0.05, 0.1) is 25.9 Å². The average Bonchev–Trinajstić information content (AvgIpc) is 3.17. The van der Waals surface area contributed by atoms with Crippen molar-refractivity contribution in [1.29, 1.82) is 0 Å². The second-order valence-corrected chi connectivity index (χ2v) is 7.95. The molecule has 0 radical (unpaired) electrons. The summed E-state index contributed by atoms with van der Waals surface area (Å²) in [5.74, 6) is 1.69. The Balaban J connectivity index is 1.44. The Hall–Kier alpha value is -2.80. The Morgan fingerprint density at radius 2 is 1.67 bits per heavy atom. The van der Waals surface area contributed by atoms with E-state index in [9.17, 15) is 14.3 Å². The monoisotopic (exact) mass is 415 g/mol. The lowest BCUT2D eigenvalue weighted by Crippen LogP contribution is -2.42. The number of methoxy groups -OCH3 is 2. The average molecular weight is 415 g/mol. The highest BCUT2D eigenvalue weighted by molar-refractivity contribution is 5.97. The van der Waals surface area contributed by atoms with Gasteiger partial charge in [-0.05, 0) is 61.1 Å². The first-order valence-corrected chi connectivity index (χ1v) is 10.1. The van der Waals surface area contributed by atoms with Crippen LogP contribution in [0, 0.1) is 17.7 Å². The topological polar surface area (TPSA) is 68.2 Å². The third-order valence-corrected chi connectivity index (χ3v) is 6.11. The summed E-state index contributed by atoms with van der Waals surface area (Å²) < 4.78 is 29.6. The first-order chi connectivity index (χ1) is 14.5. The molecular formula is C23H26FNO5. The predicted octanol–water partition coefficient (Wildman–Crippen LogP) is 3.13. The Kier molecular flexibility index (Phi) is 5.81. The summed E-state index contributed by atoms with van der Waals surface area (Å²) in [7, 11) is 3.10. The normalized spacial score (nSPS) is 25.5. The van der Waals surface area contributed by atoms with E-state index in [0.29, 0.717) is 48.7 Å². The van der Waals surface area contributed by atoms with Crippen LogP contribution in [0.2, 0.25) is 0 Å². The largest absolute Gasteiger partial charge is 0.497 e. The molecule has 1 aliphatic heterocycles. The number of ether oxygens (including phenoxy) is 3. The number of nitrogens with zero attached hydrogens (tertiary/aromatic N) is 1. The Bertz CT molecular complexity index is 903. The molecule has 1 aliphatic carbocycles. The van der Waals surface area contributed by atoms with E-state index in [0.717, 1.165) is 0 Å². The molecule has 30 heavy (non-hydrogen) atoms. The van der Waals surface area contributed by atoms with Crippen LogP contribution >= 0.6 is 0 Å². The fourth-order valence-electron chi connectivity index (χ4n) is 4.52. The van der Waals surface area contributed by atoms with Gasteiger partial charge >= 0.3 is 0 Å². The van der Waals surface area contributed by atoms with Crippen molar-refractivity contribution < 1.29 is 28.5 Å². The van der Waals surface area contributed by atoms with E-state index < -0.39 is 6.10 Å². The molecule has 1 heterocycles. The van der Waals surface area contributed by atoms with Crippen LogP contribution in [0.25, 0.3) is 0 Å². The summed E-state index contributed by atoms with van der Waals surface area (Å²) in [4.78, 5) is 15.0. The number of hydrogen-bond donors (Lipinski definition) is 1. The van der Waals surface area contributed by atoms with Gasteiger partial charge < -0.3 is 24.2 Å². The van der Waals surface area contributed by atoms with Gasteiger partial charge in [-0.15, -0.1) is 0 Å². The maximum absolute atomic E-state index is 13.1. The number of benzene rings is 2. The second kappa shape index (κ2) is 8.52. The molecule has 1 saturated carbocycles. The van der Waals surface area contributed by atoms with Crippen LogP contribution in [0.3, 0.4) is 0 Å². The Labute approximate surface area is 175 Å². The van der Waals surface area contributed by atoms with Crippen molar-refractivity contribution in [2.45, 2.75) is 25.0 Å². The molecule has 4 atom stereocenters. The molecule has 0 bridgehead atoms. The van der Waals surface area contributed by atoms with Gasteiger partial charge in [0.15, 0.2) is 0 Å². The van der Waals surface area contributed by atoms with Crippen molar-refractivity contribution in [2.24, 2.45) is 11.8 Å². The zero-order chi connectivity index (χ0) is 21.3. The number of carbonyl (C=O) groups excluding carboxylic acids is 1. The molecular weight excluding hydrogens is 389 g/mol. The van der Waals surface area contributed by atoms with E-state index in [1.165, 1.54) is 19.2 Å². The fraction of sp³-hybridized carbons (Fsp3) is 0.435. The molecule has 7 heteroatoms. The molecule has 2 aliphatic rings. The lowest BCUT2D eigenvalue weighted by atomic mass is 9.78. The van der Waals surface area contributed by atoms with Crippen LogP contribution in [0.15, 0.2) is 42.5 Å². The maximum atomic E-state index is 13.1. The van der Waals surface area contributed by atoms with Gasteiger partial charge in [-0.2, -0.15) is 0 Å². The number of amides is 1. The van der Waals surface area contributed by atoms with Crippen LogP contribution in [0.4, 0.5) is 4.39 Å².